The lowest BCUT2D eigenvalue weighted by Gasteiger charge is -2.32. The molecule has 0 radical (unpaired) electrons. The lowest BCUT2D eigenvalue weighted by molar-refractivity contribution is 0.151. The van der Waals surface area contributed by atoms with E-state index in [1.54, 1.807) is 6.07 Å². The lowest BCUT2D eigenvalue weighted by Crippen LogP contribution is -2.44. The molecular formula is C21H28N2O. The highest BCUT2D eigenvalue weighted by Gasteiger charge is 2.18. The molecular weight excluding hydrogens is 296 g/mol. The molecule has 2 aromatic rings. The summed E-state index contributed by atoms with van der Waals surface area (Å²) >= 11 is 0. The van der Waals surface area contributed by atoms with Gasteiger partial charge in [-0.05, 0) is 38.1 Å². The minimum absolute atomic E-state index is 0.264. The molecule has 0 bridgehead atoms. The normalized spacial score (nSPS) is 17.7. The van der Waals surface area contributed by atoms with Crippen LogP contribution in [0.15, 0.2) is 54.6 Å². The van der Waals surface area contributed by atoms with Crippen molar-refractivity contribution >= 4 is 0 Å². The van der Waals surface area contributed by atoms with Crippen LogP contribution < -0.4 is 0 Å². The van der Waals surface area contributed by atoms with E-state index in [9.17, 15) is 5.11 Å². The smallest absolute Gasteiger partial charge is 0.119 e. The molecule has 2 aromatic carbocycles. The molecule has 3 rings (SSSR count). The molecule has 1 fully saturated rings. The highest BCUT2D eigenvalue weighted by atomic mass is 16.3. The van der Waals surface area contributed by atoms with Gasteiger partial charge in [0.25, 0.3) is 0 Å². The summed E-state index contributed by atoms with van der Waals surface area (Å²) in [6, 6.07) is 18.3. The number of benzene rings is 2. The molecule has 1 unspecified atom stereocenters. The van der Waals surface area contributed by atoms with E-state index in [0.29, 0.717) is 5.75 Å². The molecule has 0 saturated carbocycles. The molecule has 1 aliphatic rings. The van der Waals surface area contributed by atoms with Gasteiger partial charge < -0.3 is 14.9 Å². The SMILES string of the molecule is CN1CCN(CCCC(c2ccccc2)c2ccccc2O)CC1. The Bertz CT molecular complexity index is 621. The number of aromatic hydroxyl groups is 1. The van der Waals surface area contributed by atoms with Crippen LogP contribution in [0.4, 0.5) is 0 Å². The predicted octanol–water partition coefficient (Wildman–Crippen LogP) is 3.55. The third-order valence-electron chi connectivity index (χ3n) is 5.08. The Balaban J connectivity index is 1.66. The zero-order chi connectivity index (χ0) is 16.8. The van der Waals surface area contributed by atoms with E-state index in [2.05, 4.69) is 53.2 Å². The van der Waals surface area contributed by atoms with E-state index >= 15 is 0 Å². The Hall–Kier alpha value is -1.84. The van der Waals surface area contributed by atoms with Gasteiger partial charge in [-0.15, -0.1) is 0 Å². The van der Waals surface area contributed by atoms with E-state index < -0.39 is 0 Å². The third kappa shape index (κ3) is 4.37. The zero-order valence-electron chi connectivity index (χ0n) is 14.6. The van der Waals surface area contributed by atoms with Crippen LogP contribution in [0.25, 0.3) is 0 Å². The van der Waals surface area contributed by atoms with Crippen molar-refractivity contribution in [3.8, 4) is 5.75 Å². The minimum Gasteiger partial charge on any atom is -0.508 e. The summed E-state index contributed by atoms with van der Waals surface area (Å²) in [6.07, 6.45) is 2.21. The van der Waals surface area contributed by atoms with Crippen molar-refractivity contribution in [2.75, 3.05) is 39.8 Å². The molecule has 3 heteroatoms. The number of hydrogen-bond donors (Lipinski definition) is 1. The first-order valence-electron chi connectivity index (χ1n) is 8.98. The standard InChI is InChI=1S/C21H28N2O/c1-22-14-16-23(17-15-22)13-7-11-19(18-8-3-2-4-9-18)20-10-5-6-12-21(20)24/h2-6,8-10,12,19,24H,7,11,13-17H2,1H3. The summed E-state index contributed by atoms with van der Waals surface area (Å²) in [5, 5.41) is 10.3. The van der Waals surface area contributed by atoms with Crippen LogP contribution in [0.1, 0.15) is 29.9 Å². The first-order chi connectivity index (χ1) is 11.7. The number of nitrogens with zero attached hydrogens (tertiary/aromatic N) is 2. The zero-order valence-corrected chi connectivity index (χ0v) is 14.6. The monoisotopic (exact) mass is 324 g/mol. The molecule has 128 valence electrons. The average molecular weight is 324 g/mol. The molecule has 1 N–H and O–H groups in total. The summed E-state index contributed by atoms with van der Waals surface area (Å²) in [5.74, 6) is 0.672. The molecule has 1 heterocycles. The number of rotatable bonds is 6. The van der Waals surface area contributed by atoms with Crippen molar-refractivity contribution in [3.63, 3.8) is 0 Å². The van der Waals surface area contributed by atoms with E-state index in [1.807, 2.05) is 12.1 Å². The second kappa shape index (κ2) is 8.32. The molecule has 0 amide bonds. The molecule has 1 atom stereocenters. The van der Waals surface area contributed by atoms with Crippen molar-refractivity contribution in [3.05, 3.63) is 65.7 Å². The molecule has 0 aliphatic carbocycles. The lowest BCUT2D eigenvalue weighted by atomic mass is 9.87. The maximum atomic E-state index is 10.3. The maximum absolute atomic E-state index is 10.3. The first kappa shape index (κ1) is 17.0. The molecule has 1 saturated heterocycles. The van der Waals surface area contributed by atoms with Crippen molar-refractivity contribution in [2.45, 2.75) is 18.8 Å². The van der Waals surface area contributed by atoms with Crippen molar-refractivity contribution in [1.82, 2.24) is 9.80 Å². The van der Waals surface area contributed by atoms with Gasteiger partial charge in [0, 0.05) is 37.7 Å². The average Bonchev–Trinajstić information content (AvgIpc) is 2.62. The van der Waals surface area contributed by atoms with Crippen molar-refractivity contribution < 1.29 is 5.11 Å². The van der Waals surface area contributed by atoms with Crippen LogP contribution in [0.5, 0.6) is 5.75 Å². The Labute approximate surface area is 145 Å². The van der Waals surface area contributed by atoms with Crippen molar-refractivity contribution in [1.29, 1.82) is 0 Å². The van der Waals surface area contributed by atoms with Crippen LogP contribution in [-0.4, -0.2) is 54.7 Å². The van der Waals surface area contributed by atoms with E-state index in [0.717, 1.165) is 24.9 Å². The van der Waals surface area contributed by atoms with E-state index in [1.165, 1.54) is 31.7 Å². The molecule has 0 spiro atoms. The second-order valence-corrected chi connectivity index (χ2v) is 6.81. The van der Waals surface area contributed by atoms with E-state index in [4.69, 9.17) is 0 Å². The van der Waals surface area contributed by atoms with Gasteiger partial charge in [0.1, 0.15) is 5.75 Å². The van der Waals surface area contributed by atoms with Gasteiger partial charge in [0.05, 0.1) is 0 Å². The van der Waals surface area contributed by atoms with Crippen LogP contribution in [-0.2, 0) is 0 Å². The van der Waals surface area contributed by atoms with Crippen LogP contribution in [0.2, 0.25) is 0 Å². The molecule has 1 aliphatic heterocycles. The van der Waals surface area contributed by atoms with Gasteiger partial charge in [-0.2, -0.15) is 0 Å². The number of para-hydroxylation sites is 1. The Morgan fingerprint density at radius 2 is 1.58 bits per heavy atom. The topological polar surface area (TPSA) is 26.7 Å². The van der Waals surface area contributed by atoms with Crippen LogP contribution in [0, 0.1) is 0 Å². The fourth-order valence-corrected chi connectivity index (χ4v) is 3.56. The molecule has 24 heavy (non-hydrogen) atoms. The van der Waals surface area contributed by atoms with Crippen molar-refractivity contribution in [2.24, 2.45) is 0 Å². The first-order valence-corrected chi connectivity index (χ1v) is 8.98. The van der Waals surface area contributed by atoms with Gasteiger partial charge in [0.2, 0.25) is 0 Å². The highest BCUT2D eigenvalue weighted by Crippen LogP contribution is 2.34. The number of phenols is 1. The van der Waals surface area contributed by atoms with Gasteiger partial charge in [-0.25, -0.2) is 0 Å². The summed E-state index contributed by atoms with van der Waals surface area (Å²) in [5.41, 5.74) is 2.33. The minimum atomic E-state index is 0.264. The van der Waals surface area contributed by atoms with Gasteiger partial charge in [0.15, 0.2) is 0 Å². The summed E-state index contributed by atoms with van der Waals surface area (Å²) in [4.78, 5) is 4.96. The molecule has 3 nitrogen and oxygen atoms in total. The Morgan fingerprint density at radius 3 is 2.29 bits per heavy atom. The summed E-state index contributed by atoms with van der Waals surface area (Å²) in [6.45, 7) is 5.82. The van der Waals surface area contributed by atoms with Crippen LogP contribution >= 0.6 is 0 Å². The Kier molecular flexibility index (Phi) is 5.89. The predicted molar refractivity (Wildman–Crippen MR) is 99.6 cm³/mol. The maximum Gasteiger partial charge on any atom is 0.119 e. The number of hydrogen-bond acceptors (Lipinski definition) is 3. The third-order valence-corrected chi connectivity index (χ3v) is 5.08. The molecule has 0 aromatic heterocycles. The van der Waals surface area contributed by atoms with Gasteiger partial charge in [-0.1, -0.05) is 48.5 Å². The number of piperazine rings is 1. The van der Waals surface area contributed by atoms with E-state index in [-0.39, 0.29) is 5.92 Å². The number of phenolic OH excluding ortho intramolecular Hbond substituents is 1. The second-order valence-electron chi connectivity index (χ2n) is 6.81. The van der Waals surface area contributed by atoms with Gasteiger partial charge in [-0.3, -0.25) is 0 Å². The summed E-state index contributed by atoms with van der Waals surface area (Å²) in [7, 11) is 2.20. The van der Waals surface area contributed by atoms with Gasteiger partial charge >= 0.3 is 0 Å². The highest BCUT2D eigenvalue weighted by molar-refractivity contribution is 5.41. The Morgan fingerprint density at radius 1 is 0.917 bits per heavy atom. The quantitative estimate of drug-likeness (QED) is 0.880. The fourth-order valence-electron chi connectivity index (χ4n) is 3.56. The largest absolute Gasteiger partial charge is 0.508 e. The fraction of sp³-hybridized carbons (Fsp3) is 0.429. The summed E-state index contributed by atoms with van der Waals surface area (Å²) < 4.78 is 0. The van der Waals surface area contributed by atoms with Crippen LogP contribution in [0.3, 0.4) is 0 Å². The number of likely N-dealkylation sites (N-methyl/N-ethyl adjacent to an activating group) is 1.